The molecule has 2 aromatic heterocycles. The predicted octanol–water partition coefficient (Wildman–Crippen LogP) is 4.32. The van der Waals surface area contributed by atoms with Crippen molar-refractivity contribution in [3.05, 3.63) is 58.8 Å². The van der Waals surface area contributed by atoms with Gasteiger partial charge in [-0.25, -0.2) is 9.78 Å². The average molecular weight is 360 g/mol. The molecule has 0 N–H and O–H groups in total. The smallest absolute Gasteiger partial charge is 0.343 e. The van der Waals surface area contributed by atoms with Gasteiger partial charge in [0.05, 0.1) is 17.3 Å². The van der Waals surface area contributed by atoms with Crippen LogP contribution < -0.4 is 10.4 Å². The summed E-state index contributed by atoms with van der Waals surface area (Å²) in [5, 5.41) is 1.41. The van der Waals surface area contributed by atoms with Crippen LogP contribution in [0.25, 0.3) is 21.9 Å². The Morgan fingerprint density at radius 1 is 1.18 bits per heavy atom. The number of aromatic nitrogens is 1. The van der Waals surface area contributed by atoms with Gasteiger partial charge < -0.3 is 9.15 Å². The minimum atomic E-state index is -0.331. The van der Waals surface area contributed by atoms with E-state index < -0.39 is 0 Å². The first kappa shape index (κ1) is 14.8. The lowest BCUT2D eigenvalue weighted by molar-refractivity contribution is 0.398. The molecule has 1 unspecified atom stereocenters. The highest BCUT2D eigenvalue weighted by Crippen LogP contribution is 2.36. The Balaban J connectivity index is 2.36. The molecule has 0 aliphatic heterocycles. The first-order valence-electron chi connectivity index (χ1n) is 6.82. The lowest BCUT2D eigenvalue weighted by atomic mass is 9.99. The Kier molecular flexibility index (Phi) is 3.98. The molecule has 3 aromatic rings. The van der Waals surface area contributed by atoms with Crippen LogP contribution in [0.15, 0.2) is 51.8 Å². The molecule has 0 spiro atoms. The highest BCUT2D eigenvalue weighted by molar-refractivity contribution is 9.09. The van der Waals surface area contributed by atoms with Gasteiger partial charge in [-0.05, 0) is 19.1 Å². The molecule has 2 heterocycles. The molecule has 4 nitrogen and oxygen atoms in total. The zero-order chi connectivity index (χ0) is 15.7. The number of benzene rings is 1. The molecule has 1 atom stereocenters. The Hall–Kier alpha value is -2.14. The van der Waals surface area contributed by atoms with Crippen LogP contribution in [0, 0.1) is 0 Å². The van der Waals surface area contributed by atoms with E-state index in [0.29, 0.717) is 17.0 Å². The standard InChI is InChI=1S/C17H14BrNO3/c1-10(18)16-15(11-7-8-14(21-2)19-9-11)12-5-3-4-6-13(12)17(20)22-16/h3-10H,1-2H3. The second kappa shape index (κ2) is 5.93. The van der Waals surface area contributed by atoms with Gasteiger partial charge in [-0.1, -0.05) is 34.1 Å². The van der Waals surface area contributed by atoms with Crippen molar-refractivity contribution in [2.45, 2.75) is 11.8 Å². The maximum Gasteiger partial charge on any atom is 0.343 e. The summed E-state index contributed by atoms with van der Waals surface area (Å²) in [4.78, 5) is 16.3. The van der Waals surface area contributed by atoms with Crippen molar-refractivity contribution in [3.63, 3.8) is 0 Å². The largest absolute Gasteiger partial charge is 0.481 e. The first-order valence-corrected chi connectivity index (χ1v) is 7.73. The molecule has 0 amide bonds. The number of hydrogen-bond donors (Lipinski definition) is 0. The van der Waals surface area contributed by atoms with Crippen LogP contribution in [0.2, 0.25) is 0 Å². The molecule has 0 fully saturated rings. The fraction of sp³-hybridized carbons (Fsp3) is 0.176. The van der Waals surface area contributed by atoms with E-state index in [2.05, 4.69) is 20.9 Å². The summed E-state index contributed by atoms with van der Waals surface area (Å²) in [5.41, 5.74) is 1.42. The second-order valence-corrected chi connectivity index (χ2v) is 6.25. The Labute approximate surface area is 135 Å². The molecule has 3 rings (SSSR count). The van der Waals surface area contributed by atoms with Gasteiger partial charge in [-0.2, -0.15) is 0 Å². The number of halogens is 1. The zero-order valence-corrected chi connectivity index (χ0v) is 13.8. The molecule has 22 heavy (non-hydrogen) atoms. The summed E-state index contributed by atoms with van der Waals surface area (Å²) in [7, 11) is 1.57. The number of nitrogens with zero attached hydrogens (tertiary/aromatic N) is 1. The monoisotopic (exact) mass is 359 g/mol. The summed E-state index contributed by atoms with van der Waals surface area (Å²) < 4.78 is 10.6. The molecule has 0 aliphatic rings. The molecule has 0 aliphatic carbocycles. The lowest BCUT2D eigenvalue weighted by Crippen LogP contribution is -2.05. The third kappa shape index (κ3) is 2.52. The molecular formula is C17H14BrNO3. The van der Waals surface area contributed by atoms with E-state index in [0.717, 1.165) is 16.5 Å². The van der Waals surface area contributed by atoms with E-state index in [-0.39, 0.29) is 10.5 Å². The number of fused-ring (bicyclic) bond motifs is 1. The Morgan fingerprint density at radius 2 is 1.91 bits per heavy atom. The SMILES string of the molecule is COc1ccc(-c2c(C(C)Br)oc(=O)c3ccccc23)cn1. The van der Waals surface area contributed by atoms with Crippen LogP contribution in [0.1, 0.15) is 17.5 Å². The number of alkyl halides is 1. The fourth-order valence-corrected chi connectivity index (χ4v) is 2.77. The van der Waals surface area contributed by atoms with Gasteiger partial charge in [0.2, 0.25) is 5.88 Å². The zero-order valence-electron chi connectivity index (χ0n) is 12.2. The van der Waals surface area contributed by atoms with Crippen LogP contribution >= 0.6 is 15.9 Å². The van der Waals surface area contributed by atoms with E-state index in [1.54, 1.807) is 25.4 Å². The summed E-state index contributed by atoms with van der Waals surface area (Å²) in [5.74, 6) is 1.13. The third-order valence-electron chi connectivity index (χ3n) is 3.46. The molecule has 5 heteroatoms. The second-order valence-electron chi connectivity index (χ2n) is 4.88. The molecular weight excluding hydrogens is 346 g/mol. The van der Waals surface area contributed by atoms with Crippen molar-refractivity contribution < 1.29 is 9.15 Å². The minimum Gasteiger partial charge on any atom is -0.481 e. The molecule has 0 saturated carbocycles. The first-order chi connectivity index (χ1) is 10.6. The van der Waals surface area contributed by atoms with Crippen molar-refractivity contribution in [2.24, 2.45) is 0 Å². The van der Waals surface area contributed by atoms with E-state index in [9.17, 15) is 4.79 Å². The van der Waals surface area contributed by atoms with Crippen LogP contribution in [0.3, 0.4) is 0 Å². The fourth-order valence-electron chi connectivity index (χ4n) is 2.44. The maximum absolute atomic E-state index is 12.2. The normalized spacial score (nSPS) is 12.3. The number of hydrogen-bond acceptors (Lipinski definition) is 4. The summed E-state index contributed by atoms with van der Waals surface area (Å²) in [6.45, 7) is 1.92. The number of methoxy groups -OCH3 is 1. The van der Waals surface area contributed by atoms with Crippen LogP contribution in [0.4, 0.5) is 0 Å². The van der Waals surface area contributed by atoms with Gasteiger partial charge in [0.1, 0.15) is 5.76 Å². The molecule has 0 bridgehead atoms. The van der Waals surface area contributed by atoms with Gasteiger partial charge in [0, 0.05) is 28.8 Å². The predicted molar refractivity (Wildman–Crippen MR) is 89.6 cm³/mol. The molecule has 0 radical (unpaired) electrons. The van der Waals surface area contributed by atoms with E-state index >= 15 is 0 Å². The topological polar surface area (TPSA) is 52.3 Å². The minimum absolute atomic E-state index is 0.0955. The molecule has 1 aromatic carbocycles. The van der Waals surface area contributed by atoms with E-state index in [1.807, 2.05) is 31.2 Å². The van der Waals surface area contributed by atoms with Crippen LogP contribution in [-0.4, -0.2) is 12.1 Å². The van der Waals surface area contributed by atoms with E-state index in [1.165, 1.54) is 0 Å². The summed E-state index contributed by atoms with van der Waals surface area (Å²) in [6.07, 6.45) is 1.72. The summed E-state index contributed by atoms with van der Waals surface area (Å²) >= 11 is 3.50. The van der Waals surface area contributed by atoms with E-state index in [4.69, 9.17) is 9.15 Å². The third-order valence-corrected chi connectivity index (χ3v) is 3.88. The average Bonchev–Trinajstić information content (AvgIpc) is 2.55. The Bertz CT molecular complexity index is 869. The van der Waals surface area contributed by atoms with Crippen molar-refractivity contribution in [1.82, 2.24) is 4.98 Å². The van der Waals surface area contributed by atoms with Gasteiger partial charge in [0.25, 0.3) is 0 Å². The van der Waals surface area contributed by atoms with Crippen molar-refractivity contribution in [3.8, 4) is 17.0 Å². The highest BCUT2D eigenvalue weighted by Gasteiger charge is 2.18. The van der Waals surface area contributed by atoms with Gasteiger partial charge in [-0.15, -0.1) is 0 Å². The number of ether oxygens (including phenoxy) is 1. The maximum atomic E-state index is 12.2. The highest BCUT2D eigenvalue weighted by atomic mass is 79.9. The summed E-state index contributed by atoms with van der Waals surface area (Å²) in [6, 6.07) is 11.1. The van der Waals surface area contributed by atoms with Crippen molar-refractivity contribution in [1.29, 1.82) is 0 Å². The Morgan fingerprint density at radius 3 is 2.50 bits per heavy atom. The van der Waals surface area contributed by atoms with Gasteiger partial charge in [-0.3, -0.25) is 0 Å². The number of rotatable bonds is 3. The van der Waals surface area contributed by atoms with Crippen LogP contribution in [-0.2, 0) is 0 Å². The van der Waals surface area contributed by atoms with Gasteiger partial charge >= 0.3 is 5.63 Å². The van der Waals surface area contributed by atoms with Gasteiger partial charge in [0.15, 0.2) is 0 Å². The van der Waals surface area contributed by atoms with Crippen molar-refractivity contribution in [2.75, 3.05) is 7.11 Å². The number of pyridine rings is 1. The quantitative estimate of drug-likeness (QED) is 0.653. The lowest BCUT2D eigenvalue weighted by Gasteiger charge is -2.13. The van der Waals surface area contributed by atoms with Crippen LogP contribution in [0.5, 0.6) is 5.88 Å². The molecule has 0 saturated heterocycles. The van der Waals surface area contributed by atoms with Crippen molar-refractivity contribution >= 4 is 26.7 Å². The molecule has 112 valence electrons.